The van der Waals surface area contributed by atoms with Crippen LogP contribution in [0.5, 0.6) is 5.75 Å². The number of methoxy groups -OCH3 is 1. The van der Waals surface area contributed by atoms with Crippen LogP contribution in [0.3, 0.4) is 0 Å². The summed E-state index contributed by atoms with van der Waals surface area (Å²) in [4.78, 5) is 17.9. The molecule has 0 aliphatic carbocycles. The molecule has 0 bridgehead atoms. The zero-order valence-corrected chi connectivity index (χ0v) is 14.9. The average molecular weight is 363 g/mol. The number of aromatic nitrogens is 3. The lowest BCUT2D eigenvalue weighted by Gasteiger charge is -2.17. The number of nitrogens with one attached hydrogen (secondary N) is 2. The van der Waals surface area contributed by atoms with Crippen LogP contribution >= 0.6 is 11.6 Å². The van der Waals surface area contributed by atoms with E-state index in [4.69, 9.17) is 21.2 Å². The molecule has 9 heteroatoms. The van der Waals surface area contributed by atoms with Gasteiger partial charge in [0.15, 0.2) is 0 Å². The van der Waals surface area contributed by atoms with E-state index in [1.165, 1.54) is 0 Å². The van der Waals surface area contributed by atoms with Gasteiger partial charge in [-0.1, -0.05) is 5.16 Å². The summed E-state index contributed by atoms with van der Waals surface area (Å²) >= 11 is 5.94. The molecule has 0 saturated heterocycles. The second-order valence-corrected chi connectivity index (χ2v) is 5.96. The molecule has 0 fully saturated rings. The number of pyridine rings is 1. The van der Waals surface area contributed by atoms with E-state index in [0.29, 0.717) is 23.9 Å². The highest BCUT2D eigenvalue weighted by Crippen LogP contribution is 2.21. The van der Waals surface area contributed by atoms with Gasteiger partial charge in [0.2, 0.25) is 5.28 Å². The minimum atomic E-state index is -0.0205. The van der Waals surface area contributed by atoms with Crippen molar-refractivity contribution >= 4 is 28.9 Å². The van der Waals surface area contributed by atoms with Crippen LogP contribution in [0.1, 0.15) is 19.4 Å². The molecular weight excluding hydrogens is 344 g/mol. The molecule has 25 heavy (non-hydrogen) atoms. The fourth-order valence-electron chi connectivity index (χ4n) is 2.48. The van der Waals surface area contributed by atoms with Crippen molar-refractivity contribution < 1.29 is 9.57 Å². The normalized spacial score (nSPS) is 19.3. The van der Waals surface area contributed by atoms with Gasteiger partial charge in [-0.15, -0.1) is 0 Å². The van der Waals surface area contributed by atoms with E-state index < -0.39 is 0 Å². The van der Waals surface area contributed by atoms with Crippen molar-refractivity contribution in [1.29, 1.82) is 0 Å². The van der Waals surface area contributed by atoms with E-state index in [2.05, 4.69) is 30.7 Å². The number of hydrogen-bond acceptors (Lipinski definition) is 8. The third-order valence-corrected chi connectivity index (χ3v) is 4.03. The summed E-state index contributed by atoms with van der Waals surface area (Å²) in [6.45, 7) is 4.43. The Kier molecular flexibility index (Phi) is 5.30. The molecule has 8 nitrogen and oxygen atoms in total. The zero-order valence-electron chi connectivity index (χ0n) is 14.2. The summed E-state index contributed by atoms with van der Waals surface area (Å²) in [7, 11) is 1.59. The fraction of sp³-hybridized carbons (Fsp3) is 0.375. The number of halogens is 1. The number of hydrogen-bond donors (Lipinski definition) is 2. The van der Waals surface area contributed by atoms with Gasteiger partial charge in [-0.25, -0.2) is 15.0 Å². The minimum absolute atomic E-state index is 0.0205. The molecule has 132 valence electrons. The summed E-state index contributed by atoms with van der Waals surface area (Å²) in [6, 6.07) is 3.66. The van der Waals surface area contributed by atoms with E-state index >= 15 is 0 Å². The number of ether oxygens (including phenoxy) is 1. The predicted octanol–water partition coefficient (Wildman–Crippen LogP) is 2.53. The summed E-state index contributed by atoms with van der Waals surface area (Å²) in [5, 5.41) is 10.7. The van der Waals surface area contributed by atoms with Crippen molar-refractivity contribution in [2.24, 2.45) is 5.16 Å². The molecule has 2 atom stereocenters. The van der Waals surface area contributed by atoms with Crippen LogP contribution < -0.4 is 15.4 Å². The van der Waals surface area contributed by atoms with Crippen LogP contribution in [0.4, 0.5) is 11.6 Å². The highest BCUT2D eigenvalue weighted by atomic mass is 35.5. The SMILES string of the molecule is COc1ccc(Nc2nc(Cl)ncc2CNC2C(C)=NOC2C)nc1. The van der Waals surface area contributed by atoms with Crippen LogP contribution in [0.25, 0.3) is 0 Å². The largest absolute Gasteiger partial charge is 0.495 e. The van der Waals surface area contributed by atoms with Crippen LogP contribution in [-0.4, -0.2) is 39.9 Å². The molecule has 1 aliphatic heterocycles. The van der Waals surface area contributed by atoms with Gasteiger partial charge in [0.05, 0.1) is 25.1 Å². The molecule has 0 amide bonds. The number of oxime groups is 1. The predicted molar refractivity (Wildman–Crippen MR) is 95.4 cm³/mol. The van der Waals surface area contributed by atoms with Crippen molar-refractivity contribution in [3.05, 3.63) is 35.4 Å². The van der Waals surface area contributed by atoms with Gasteiger partial charge in [-0.3, -0.25) is 0 Å². The number of rotatable bonds is 6. The Morgan fingerprint density at radius 1 is 1.28 bits per heavy atom. The quantitative estimate of drug-likeness (QED) is 0.762. The van der Waals surface area contributed by atoms with E-state index in [1.54, 1.807) is 25.6 Å². The maximum Gasteiger partial charge on any atom is 0.224 e. The van der Waals surface area contributed by atoms with E-state index in [0.717, 1.165) is 11.3 Å². The molecule has 3 rings (SSSR count). The molecule has 0 radical (unpaired) electrons. The van der Waals surface area contributed by atoms with Crippen molar-refractivity contribution in [3.8, 4) is 5.75 Å². The molecule has 0 saturated carbocycles. The first-order valence-electron chi connectivity index (χ1n) is 7.79. The summed E-state index contributed by atoms with van der Waals surface area (Å²) in [5.41, 5.74) is 1.77. The lowest BCUT2D eigenvalue weighted by Crippen LogP contribution is -2.40. The van der Waals surface area contributed by atoms with E-state index in [-0.39, 0.29) is 17.4 Å². The first-order chi connectivity index (χ1) is 12.1. The first kappa shape index (κ1) is 17.4. The van der Waals surface area contributed by atoms with Crippen molar-refractivity contribution in [2.75, 3.05) is 12.4 Å². The molecule has 1 aliphatic rings. The molecule has 2 aromatic heterocycles. The Bertz CT molecular complexity index is 768. The fourth-order valence-corrected chi connectivity index (χ4v) is 2.61. The highest BCUT2D eigenvalue weighted by molar-refractivity contribution is 6.28. The lowest BCUT2D eigenvalue weighted by molar-refractivity contribution is 0.0844. The molecule has 0 spiro atoms. The minimum Gasteiger partial charge on any atom is -0.495 e. The van der Waals surface area contributed by atoms with Gasteiger partial charge in [0, 0.05) is 18.3 Å². The van der Waals surface area contributed by atoms with Gasteiger partial charge < -0.3 is 20.2 Å². The lowest BCUT2D eigenvalue weighted by atomic mass is 10.1. The van der Waals surface area contributed by atoms with E-state index in [1.807, 2.05) is 19.9 Å². The highest BCUT2D eigenvalue weighted by Gasteiger charge is 2.27. The van der Waals surface area contributed by atoms with Crippen LogP contribution in [0.15, 0.2) is 29.7 Å². The molecular formula is C16H19ClN6O2. The van der Waals surface area contributed by atoms with Gasteiger partial charge in [0.25, 0.3) is 0 Å². The Labute approximate surface area is 150 Å². The topological polar surface area (TPSA) is 93.6 Å². The second-order valence-electron chi connectivity index (χ2n) is 5.62. The first-order valence-corrected chi connectivity index (χ1v) is 8.17. The van der Waals surface area contributed by atoms with Gasteiger partial charge in [-0.05, 0) is 37.6 Å². The molecule has 2 N–H and O–H groups in total. The summed E-state index contributed by atoms with van der Waals surface area (Å²) < 4.78 is 5.11. The van der Waals surface area contributed by atoms with Crippen LogP contribution in [-0.2, 0) is 11.4 Å². The Balaban J connectivity index is 1.74. The summed E-state index contributed by atoms with van der Waals surface area (Å²) in [5.74, 6) is 1.90. The smallest absolute Gasteiger partial charge is 0.224 e. The van der Waals surface area contributed by atoms with Crippen LogP contribution in [0.2, 0.25) is 5.28 Å². The number of anilines is 2. The average Bonchev–Trinajstić information content (AvgIpc) is 2.93. The standard InChI is InChI=1S/C16H19ClN6O2/c1-9-14(10(2)25-23-9)19-6-11-7-20-16(17)22-15(11)21-13-5-4-12(24-3)8-18-13/h4-5,7-8,10,14,19H,6H2,1-3H3,(H,18,20,21,22). The molecule has 2 unspecified atom stereocenters. The zero-order chi connectivity index (χ0) is 17.8. The maximum atomic E-state index is 5.94. The maximum absolute atomic E-state index is 5.94. The Morgan fingerprint density at radius 3 is 2.76 bits per heavy atom. The van der Waals surface area contributed by atoms with Crippen molar-refractivity contribution in [3.63, 3.8) is 0 Å². The van der Waals surface area contributed by atoms with Crippen molar-refractivity contribution in [2.45, 2.75) is 32.5 Å². The van der Waals surface area contributed by atoms with Crippen LogP contribution in [0, 0.1) is 0 Å². The molecule has 0 aromatic carbocycles. The third-order valence-electron chi connectivity index (χ3n) is 3.85. The Hall–Kier alpha value is -2.45. The molecule has 2 aromatic rings. The summed E-state index contributed by atoms with van der Waals surface area (Å²) in [6.07, 6.45) is 3.29. The van der Waals surface area contributed by atoms with Gasteiger partial charge in [-0.2, -0.15) is 0 Å². The van der Waals surface area contributed by atoms with E-state index in [9.17, 15) is 0 Å². The number of nitrogens with zero attached hydrogens (tertiary/aromatic N) is 4. The second kappa shape index (κ2) is 7.62. The van der Waals surface area contributed by atoms with Gasteiger partial charge in [0.1, 0.15) is 23.5 Å². The van der Waals surface area contributed by atoms with Gasteiger partial charge >= 0.3 is 0 Å². The third kappa shape index (κ3) is 4.15. The molecule has 3 heterocycles. The monoisotopic (exact) mass is 362 g/mol. The Morgan fingerprint density at radius 2 is 2.12 bits per heavy atom. The van der Waals surface area contributed by atoms with Crippen molar-refractivity contribution in [1.82, 2.24) is 20.3 Å².